The molecule has 1 aliphatic carbocycles. The fraction of sp³-hybridized carbons (Fsp3) is 0.435. The van der Waals surface area contributed by atoms with E-state index in [9.17, 15) is 20.8 Å². The van der Waals surface area contributed by atoms with Crippen LogP contribution in [0.4, 0.5) is 17.1 Å². The van der Waals surface area contributed by atoms with Crippen molar-refractivity contribution in [3.8, 4) is 5.75 Å². The van der Waals surface area contributed by atoms with Gasteiger partial charge in [0.1, 0.15) is 11.4 Å². The summed E-state index contributed by atoms with van der Waals surface area (Å²) in [5.74, 6) is 1.50. The number of hydrazone groups is 1. The van der Waals surface area contributed by atoms with E-state index >= 15 is 0 Å². The molecule has 0 aliphatic heterocycles. The maximum Gasteiger partial charge on any atom is 0.195 e. The van der Waals surface area contributed by atoms with Crippen LogP contribution in [-0.4, -0.2) is 23.2 Å². The Balaban J connectivity index is 1.98. The molecule has 0 bridgehead atoms. The molecule has 1 aliphatic rings. The molecule has 9 heteroatoms. The molecule has 3 rings (SSSR count). The summed E-state index contributed by atoms with van der Waals surface area (Å²) in [5, 5.41) is 44.0. The van der Waals surface area contributed by atoms with Gasteiger partial charge in [0.05, 0.1) is 18.9 Å². The zero-order valence-electron chi connectivity index (χ0n) is 18.5. The van der Waals surface area contributed by atoms with Crippen LogP contribution in [0, 0.1) is 22.3 Å². The second kappa shape index (κ2) is 11.4. The summed E-state index contributed by atoms with van der Waals surface area (Å²) in [5.41, 5.74) is 4.80. The lowest BCUT2D eigenvalue weighted by molar-refractivity contribution is -0.996. The summed E-state index contributed by atoms with van der Waals surface area (Å²) in [4.78, 5) is 0. The van der Waals surface area contributed by atoms with E-state index in [-0.39, 0.29) is 23.0 Å². The first kappa shape index (κ1) is 24.1. The number of rotatable bonds is 9. The smallest absolute Gasteiger partial charge is 0.195 e. The summed E-state index contributed by atoms with van der Waals surface area (Å²) in [6.45, 7) is 2.16. The first-order valence-corrected chi connectivity index (χ1v) is 11.0. The van der Waals surface area contributed by atoms with Crippen molar-refractivity contribution < 1.29 is 25.6 Å². The van der Waals surface area contributed by atoms with Gasteiger partial charge >= 0.3 is 0 Å². The molecule has 0 saturated heterocycles. The van der Waals surface area contributed by atoms with Gasteiger partial charge in [-0.05, 0) is 61.1 Å². The Labute approximate surface area is 188 Å². The highest BCUT2D eigenvalue weighted by Gasteiger charge is 2.28. The van der Waals surface area contributed by atoms with Crippen molar-refractivity contribution in [2.45, 2.75) is 45.4 Å². The quantitative estimate of drug-likeness (QED) is 0.299. The number of anilines is 1. The summed E-state index contributed by atoms with van der Waals surface area (Å²) in [6, 6.07) is 11.7. The molecule has 0 radical (unpaired) electrons. The molecule has 1 saturated carbocycles. The molecule has 2 unspecified atom stereocenters. The molecular formula is C23H32N4O5. The average Bonchev–Trinajstić information content (AvgIpc) is 2.82. The molecule has 9 nitrogen and oxygen atoms in total. The molecule has 2 aromatic carbocycles. The van der Waals surface area contributed by atoms with Crippen molar-refractivity contribution in [2.75, 3.05) is 12.5 Å². The molecule has 32 heavy (non-hydrogen) atoms. The normalized spacial score (nSPS) is 18.1. The van der Waals surface area contributed by atoms with Gasteiger partial charge in [0.25, 0.3) is 0 Å². The summed E-state index contributed by atoms with van der Waals surface area (Å²) in [6.07, 6.45) is 6.91. The zero-order chi connectivity index (χ0) is 23.1. The van der Waals surface area contributed by atoms with Crippen LogP contribution in [0.5, 0.6) is 5.75 Å². The lowest BCUT2D eigenvalue weighted by atomic mass is 9.75. The fourth-order valence-electron chi connectivity index (χ4n) is 4.48. The number of methoxy groups -OCH3 is 1. The highest BCUT2D eigenvalue weighted by atomic mass is 16.8. The van der Waals surface area contributed by atoms with E-state index < -0.39 is 10.5 Å². The van der Waals surface area contributed by atoms with Gasteiger partial charge in [0.15, 0.2) is 11.4 Å². The average molecular weight is 445 g/mol. The Bertz CT molecular complexity index is 896. The van der Waals surface area contributed by atoms with Gasteiger partial charge in [-0.1, -0.05) is 26.2 Å². The van der Waals surface area contributed by atoms with Crippen LogP contribution < -0.4 is 20.6 Å². The molecule has 2 aromatic rings. The van der Waals surface area contributed by atoms with Crippen LogP contribution in [0.25, 0.3) is 0 Å². The third-order valence-corrected chi connectivity index (χ3v) is 6.19. The molecular weight excluding hydrogens is 412 g/mol. The summed E-state index contributed by atoms with van der Waals surface area (Å²) >= 11 is 0. The molecule has 0 heterocycles. The number of hydrogen-bond donors (Lipinski definition) is 5. The van der Waals surface area contributed by atoms with Gasteiger partial charge in [-0.3, -0.25) is 5.43 Å². The first-order valence-electron chi connectivity index (χ1n) is 11.0. The molecule has 3 atom stereocenters. The molecule has 174 valence electrons. The van der Waals surface area contributed by atoms with E-state index in [0.717, 1.165) is 42.4 Å². The lowest BCUT2D eigenvalue weighted by Gasteiger charge is -2.31. The van der Waals surface area contributed by atoms with Crippen LogP contribution in [0.2, 0.25) is 0 Å². The topological polar surface area (TPSA) is 129 Å². The van der Waals surface area contributed by atoms with Gasteiger partial charge in [-0.2, -0.15) is 15.6 Å². The molecule has 0 spiro atoms. The van der Waals surface area contributed by atoms with E-state index in [1.165, 1.54) is 31.4 Å². The number of hydrogen-bond acceptors (Lipinski definition) is 7. The third-order valence-electron chi connectivity index (χ3n) is 6.19. The Morgan fingerprint density at radius 2 is 1.78 bits per heavy atom. The van der Waals surface area contributed by atoms with Gasteiger partial charge < -0.3 is 15.2 Å². The minimum atomic E-state index is -1.21. The fourth-order valence-corrected chi connectivity index (χ4v) is 4.48. The minimum absolute atomic E-state index is 0.0825. The van der Waals surface area contributed by atoms with Crippen molar-refractivity contribution in [3.05, 3.63) is 58.4 Å². The Morgan fingerprint density at radius 1 is 1.09 bits per heavy atom. The number of nitrogens with zero attached hydrogens (tertiary/aromatic N) is 1. The second-order valence-corrected chi connectivity index (χ2v) is 8.12. The van der Waals surface area contributed by atoms with Crippen LogP contribution in [0.3, 0.4) is 0 Å². The molecule has 0 amide bonds. The third kappa shape index (κ3) is 5.83. The van der Waals surface area contributed by atoms with E-state index in [4.69, 9.17) is 9.84 Å². The maximum absolute atomic E-state index is 11.7. The van der Waals surface area contributed by atoms with Crippen molar-refractivity contribution in [3.63, 3.8) is 0 Å². The predicted octanol–water partition coefficient (Wildman–Crippen LogP) is 2.92. The molecule has 5 N–H and O–H groups in total. The number of nitrogens with one attached hydrogen (secondary N) is 3. The second-order valence-electron chi connectivity index (χ2n) is 8.12. The molecule has 1 fully saturated rings. The van der Waals surface area contributed by atoms with Crippen molar-refractivity contribution in [2.24, 2.45) is 16.9 Å². The Morgan fingerprint density at radius 3 is 2.34 bits per heavy atom. The predicted molar refractivity (Wildman–Crippen MR) is 122 cm³/mol. The van der Waals surface area contributed by atoms with Gasteiger partial charge in [-0.25, -0.2) is 10.4 Å². The highest BCUT2D eigenvalue weighted by Crippen LogP contribution is 2.34. The zero-order valence-corrected chi connectivity index (χ0v) is 18.5. The van der Waals surface area contributed by atoms with Crippen LogP contribution >= 0.6 is 0 Å². The monoisotopic (exact) mass is 444 g/mol. The highest BCUT2D eigenvalue weighted by molar-refractivity contribution is 6.03. The van der Waals surface area contributed by atoms with E-state index in [1.807, 2.05) is 24.3 Å². The lowest BCUT2D eigenvalue weighted by Crippen LogP contribution is -3.00. The van der Waals surface area contributed by atoms with E-state index in [0.29, 0.717) is 5.92 Å². The summed E-state index contributed by atoms with van der Waals surface area (Å²) in [7, 11) is 1.62. The van der Waals surface area contributed by atoms with Crippen LogP contribution in [0.1, 0.15) is 51.0 Å². The maximum atomic E-state index is 11.7. The van der Waals surface area contributed by atoms with Gasteiger partial charge in [0.2, 0.25) is 0 Å². The number of ether oxygens (including phenoxy) is 1. The van der Waals surface area contributed by atoms with Crippen molar-refractivity contribution >= 4 is 22.8 Å². The van der Waals surface area contributed by atoms with Crippen molar-refractivity contribution in [1.82, 2.24) is 0 Å². The number of quaternary nitrogens is 2. The van der Waals surface area contributed by atoms with Gasteiger partial charge in [0, 0.05) is 12.0 Å². The largest absolute Gasteiger partial charge is 0.595 e. The first-order chi connectivity index (χ1) is 15.4. The summed E-state index contributed by atoms with van der Waals surface area (Å²) < 4.78 is 5.29. The van der Waals surface area contributed by atoms with Crippen LogP contribution in [0.15, 0.2) is 47.6 Å². The minimum Gasteiger partial charge on any atom is -0.595 e. The Kier molecular flexibility index (Phi) is 8.57. The van der Waals surface area contributed by atoms with E-state index in [2.05, 4.69) is 12.3 Å². The van der Waals surface area contributed by atoms with Crippen molar-refractivity contribution in [1.29, 1.82) is 0 Å². The standard InChI is InChI=1S/C23H32N4O5/c1-3-20(16-7-5-4-6-8-16)23(17-9-12-19(32-2)13-10-17)25-24-21-14-11-18(26(28)29)15-22(21)27(30)31/h9-16,20,24,26-28,30H,3-8H2,1-2H3/t20-/m0/s1. The Hall–Kier alpha value is -2.53. The number of benzene rings is 2. The van der Waals surface area contributed by atoms with E-state index in [1.54, 1.807) is 7.11 Å². The SMILES string of the molecule is CC[C@H](C(=NNc1ccc([NH+]([O-])O)cc1[NH+]([O-])O)c1ccc(OC)cc1)C1CCCCC1. The van der Waals surface area contributed by atoms with Gasteiger partial charge in [-0.15, -0.1) is 0 Å². The molecule has 0 aromatic heterocycles. The van der Waals surface area contributed by atoms with Crippen LogP contribution in [-0.2, 0) is 0 Å².